The van der Waals surface area contributed by atoms with Crippen molar-refractivity contribution in [3.63, 3.8) is 0 Å². The predicted octanol–water partition coefficient (Wildman–Crippen LogP) is -1.64. The minimum absolute atomic E-state index is 0.0643. The molecule has 0 amide bonds. The lowest BCUT2D eigenvalue weighted by molar-refractivity contribution is -0.0641. The fourth-order valence-electron chi connectivity index (χ4n) is 1.78. The Morgan fingerprint density at radius 2 is 2.47 bits per heavy atom. The van der Waals surface area contributed by atoms with Crippen molar-refractivity contribution < 1.29 is 14.7 Å². The molecule has 5 N–H and O–H groups in total. The van der Waals surface area contributed by atoms with E-state index in [-0.39, 0.29) is 18.8 Å². The van der Waals surface area contributed by atoms with Crippen molar-refractivity contribution in [2.45, 2.75) is 24.9 Å². The number of rotatable bonds is 3. The Balaban J connectivity index is 2.17. The standard InChI is InChI=1S/C9H14N4O4/c10-7-1-2-13(9(15)12-7)8-3-5(14)6(17-8)4-16-11/h1-2,5-6,8,14H,3-4,11H2,(H2,10,12,15). The molecule has 8 nitrogen and oxygen atoms in total. The van der Waals surface area contributed by atoms with E-state index in [0.717, 1.165) is 0 Å². The second-order valence-corrected chi connectivity index (χ2v) is 3.81. The lowest BCUT2D eigenvalue weighted by Crippen LogP contribution is -2.29. The molecule has 2 rings (SSSR count). The molecule has 0 bridgehead atoms. The molecule has 3 atom stereocenters. The van der Waals surface area contributed by atoms with Gasteiger partial charge in [0, 0.05) is 12.6 Å². The lowest BCUT2D eigenvalue weighted by Gasteiger charge is -2.14. The van der Waals surface area contributed by atoms with Crippen LogP contribution in [0.4, 0.5) is 5.82 Å². The van der Waals surface area contributed by atoms with E-state index in [1.165, 1.54) is 16.8 Å². The molecular formula is C9H14N4O4. The largest absolute Gasteiger partial charge is 0.390 e. The molecule has 2 heterocycles. The Morgan fingerprint density at radius 1 is 1.71 bits per heavy atom. The molecule has 0 radical (unpaired) electrons. The third kappa shape index (κ3) is 2.44. The van der Waals surface area contributed by atoms with E-state index >= 15 is 0 Å². The second-order valence-electron chi connectivity index (χ2n) is 3.81. The zero-order chi connectivity index (χ0) is 12.4. The number of aliphatic hydroxyl groups is 1. The maximum atomic E-state index is 11.6. The first kappa shape index (κ1) is 12.0. The lowest BCUT2D eigenvalue weighted by atomic mass is 10.2. The van der Waals surface area contributed by atoms with Crippen molar-refractivity contribution >= 4 is 5.82 Å². The van der Waals surface area contributed by atoms with E-state index in [1.807, 2.05) is 0 Å². The van der Waals surface area contributed by atoms with Gasteiger partial charge in [0.05, 0.1) is 12.7 Å². The zero-order valence-electron chi connectivity index (χ0n) is 9.02. The van der Waals surface area contributed by atoms with Crippen LogP contribution in [-0.2, 0) is 9.57 Å². The van der Waals surface area contributed by atoms with E-state index in [0.29, 0.717) is 0 Å². The summed E-state index contributed by atoms with van der Waals surface area (Å²) in [5, 5.41) is 9.68. The van der Waals surface area contributed by atoms with Crippen LogP contribution in [0, 0.1) is 0 Å². The fourth-order valence-corrected chi connectivity index (χ4v) is 1.78. The van der Waals surface area contributed by atoms with E-state index in [4.69, 9.17) is 16.4 Å². The average Bonchev–Trinajstić information content (AvgIpc) is 2.60. The summed E-state index contributed by atoms with van der Waals surface area (Å²) >= 11 is 0. The van der Waals surface area contributed by atoms with Crippen molar-refractivity contribution in [2.75, 3.05) is 12.3 Å². The first-order valence-electron chi connectivity index (χ1n) is 5.11. The summed E-state index contributed by atoms with van der Waals surface area (Å²) in [7, 11) is 0. The summed E-state index contributed by atoms with van der Waals surface area (Å²) < 4.78 is 6.72. The van der Waals surface area contributed by atoms with Gasteiger partial charge in [-0.05, 0) is 6.07 Å². The molecule has 8 heteroatoms. The van der Waals surface area contributed by atoms with Crippen molar-refractivity contribution in [1.29, 1.82) is 0 Å². The summed E-state index contributed by atoms with van der Waals surface area (Å²) in [5.41, 5.74) is 4.86. The molecule has 0 saturated carbocycles. The maximum Gasteiger partial charge on any atom is 0.351 e. The molecule has 0 spiro atoms. The van der Waals surface area contributed by atoms with E-state index in [9.17, 15) is 9.90 Å². The van der Waals surface area contributed by atoms with Crippen molar-refractivity contribution in [3.8, 4) is 0 Å². The Hall–Kier alpha value is -1.48. The molecule has 3 unspecified atom stereocenters. The van der Waals surface area contributed by atoms with Crippen molar-refractivity contribution in [2.24, 2.45) is 5.90 Å². The summed E-state index contributed by atoms with van der Waals surface area (Å²) in [4.78, 5) is 19.6. The highest BCUT2D eigenvalue weighted by atomic mass is 16.6. The number of nitrogen functional groups attached to an aromatic ring is 1. The van der Waals surface area contributed by atoms with Crippen LogP contribution < -0.4 is 17.3 Å². The molecule has 0 aromatic carbocycles. The van der Waals surface area contributed by atoms with Crippen molar-refractivity contribution in [1.82, 2.24) is 9.55 Å². The molecular weight excluding hydrogens is 228 g/mol. The van der Waals surface area contributed by atoms with Crippen LogP contribution in [-0.4, -0.2) is 33.5 Å². The third-order valence-electron chi connectivity index (χ3n) is 2.63. The number of anilines is 1. The van der Waals surface area contributed by atoms with E-state index in [1.54, 1.807) is 0 Å². The molecule has 94 valence electrons. The normalized spacial score (nSPS) is 28.5. The summed E-state index contributed by atoms with van der Waals surface area (Å²) in [5.74, 6) is 5.06. The van der Waals surface area contributed by atoms with Gasteiger partial charge >= 0.3 is 5.69 Å². The molecule has 1 aromatic rings. The van der Waals surface area contributed by atoms with Crippen LogP contribution >= 0.6 is 0 Å². The van der Waals surface area contributed by atoms with Gasteiger partial charge in [-0.1, -0.05) is 0 Å². The zero-order valence-corrected chi connectivity index (χ0v) is 9.02. The van der Waals surface area contributed by atoms with Gasteiger partial charge in [0.2, 0.25) is 0 Å². The first-order chi connectivity index (χ1) is 8.11. The first-order valence-corrected chi connectivity index (χ1v) is 5.11. The van der Waals surface area contributed by atoms with Gasteiger partial charge in [0.25, 0.3) is 0 Å². The van der Waals surface area contributed by atoms with Crippen LogP contribution in [0.2, 0.25) is 0 Å². The Bertz CT molecular complexity index is 449. The van der Waals surface area contributed by atoms with Gasteiger partial charge in [-0.2, -0.15) is 4.98 Å². The fraction of sp³-hybridized carbons (Fsp3) is 0.556. The van der Waals surface area contributed by atoms with Crippen LogP contribution in [0.3, 0.4) is 0 Å². The van der Waals surface area contributed by atoms with Gasteiger partial charge in [-0.15, -0.1) is 0 Å². The third-order valence-corrected chi connectivity index (χ3v) is 2.63. The molecule has 17 heavy (non-hydrogen) atoms. The number of nitrogens with zero attached hydrogens (tertiary/aromatic N) is 2. The number of hydrogen-bond donors (Lipinski definition) is 3. The minimum Gasteiger partial charge on any atom is -0.390 e. The van der Waals surface area contributed by atoms with Crippen LogP contribution in [0.5, 0.6) is 0 Å². The predicted molar refractivity (Wildman–Crippen MR) is 57.6 cm³/mol. The number of aromatic nitrogens is 2. The van der Waals surface area contributed by atoms with Crippen LogP contribution in [0.15, 0.2) is 17.1 Å². The van der Waals surface area contributed by atoms with Gasteiger partial charge in [-0.25, -0.2) is 10.7 Å². The van der Waals surface area contributed by atoms with Gasteiger partial charge in [0.1, 0.15) is 18.1 Å². The summed E-state index contributed by atoms with van der Waals surface area (Å²) in [6.07, 6.45) is -0.0963. The average molecular weight is 242 g/mol. The quantitative estimate of drug-likeness (QED) is 0.543. The van der Waals surface area contributed by atoms with Crippen LogP contribution in [0.25, 0.3) is 0 Å². The van der Waals surface area contributed by atoms with Gasteiger partial charge in [0.15, 0.2) is 0 Å². The van der Waals surface area contributed by atoms with E-state index < -0.39 is 24.1 Å². The molecule has 1 saturated heterocycles. The number of hydrogen-bond acceptors (Lipinski definition) is 7. The molecule has 1 fully saturated rings. The smallest absolute Gasteiger partial charge is 0.351 e. The van der Waals surface area contributed by atoms with Crippen molar-refractivity contribution in [3.05, 3.63) is 22.7 Å². The number of nitrogens with two attached hydrogens (primary N) is 2. The monoisotopic (exact) mass is 242 g/mol. The Labute approximate surface area is 96.7 Å². The maximum absolute atomic E-state index is 11.6. The SMILES string of the molecule is NOCC1OC(n2ccc(N)nc2=O)CC1O. The second kappa shape index (κ2) is 4.80. The summed E-state index contributed by atoms with van der Waals surface area (Å²) in [6, 6.07) is 1.49. The molecule has 1 aromatic heterocycles. The highest BCUT2D eigenvalue weighted by molar-refractivity contribution is 5.23. The molecule has 0 aliphatic carbocycles. The number of ether oxygens (including phenoxy) is 1. The van der Waals surface area contributed by atoms with Gasteiger partial charge in [-0.3, -0.25) is 4.57 Å². The van der Waals surface area contributed by atoms with Gasteiger partial charge < -0.3 is 20.4 Å². The van der Waals surface area contributed by atoms with E-state index in [2.05, 4.69) is 9.82 Å². The summed E-state index contributed by atoms with van der Waals surface area (Å²) in [6.45, 7) is 0.0643. The highest BCUT2D eigenvalue weighted by Crippen LogP contribution is 2.27. The van der Waals surface area contributed by atoms with Crippen LogP contribution in [0.1, 0.15) is 12.6 Å². The number of aliphatic hydroxyl groups excluding tert-OH is 1. The molecule has 1 aliphatic heterocycles. The highest BCUT2D eigenvalue weighted by Gasteiger charge is 2.35. The Morgan fingerprint density at radius 3 is 3.12 bits per heavy atom. The minimum atomic E-state index is -0.729. The Kier molecular flexibility index (Phi) is 3.38. The molecule has 1 aliphatic rings. The topological polar surface area (TPSA) is 126 Å².